The molecule has 0 aliphatic rings. The van der Waals surface area contributed by atoms with E-state index in [0.717, 1.165) is 11.3 Å². The third kappa shape index (κ3) is 5.83. The first-order chi connectivity index (χ1) is 11.9. The molecule has 6 heteroatoms. The van der Waals surface area contributed by atoms with E-state index in [1.807, 2.05) is 36.4 Å². The predicted molar refractivity (Wildman–Crippen MR) is 98.6 cm³/mol. The van der Waals surface area contributed by atoms with Crippen molar-refractivity contribution in [1.29, 1.82) is 0 Å². The number of nitrogens with zero attached hydrogens (tertiary/aromatic N) is 2. The van der Waals surface area contributed by atoms with Gasteiger partial charge in [0.25, 0.3) is 0 Å². The number of carbonyl (C=O) groups excluding carboxylic acids is 1. The molecule has 0 radical (unpaired) electrons. The van der Waals surface area contributed by atoms with E-state index in [0.29, 0.717) is 18.8 Å². The molecule has 25 heavy (non-hydrogen) atoms. The smallest absolute Gasteiger partial charge is 0.320 e. The van der Waals surface area contributed by atoms with E-state index in [4.69, 9.17) is 0 Å². The van der Waals surface area contributed by atoms with Crippen LogP contribution in [-0.2, 0) is 5.41 Å². The second kappa shape index (κ2) is 8.58. The second-order valence-electron chi connectivity index (χ2n) is 7.01. The summed E-state index contributed by atoms with van der Waals surface area (Å²) in [4.78, 5) is 12.1. The molecule has 2 amide bonds. The highest BCUT2D eigenvalue weighted by Crippen LogP contribution is 2.20. The summed E-state index contributed by atoms with van der Waals surface area (Å²) in [6, 6.07) is 13.1. The number of carbonyl (C=O) groups is 1. The number of hydrogen-bond donors (Lipinski definition) is 3. The molecule has 2 aromatic rings. The van der Waals surface area contributed by atoms with Gasteiger partial charge in [-0.2, -0.15) is 5.10 Å². The highest BCUT2D eigenvalue weighted by atomic mass is 16.3. The maximum Gasteiger partial charge on any atom is 0.320 e. The third-order valence-corrected chi connectivity index (χ3v) is 3.93. The van der Waals surface area contributed by atoms with E-state index >= 15 is 0 Å². The fourth-order valence-corrected chi connectivity index (χ4v) is 2.44. The summed E-state index contributed by atoms with van der Waals surface area (Å²) in [5.41, 5.74) is 1.87. The number of amides is 2. The minimum Gasteiger partial charge on any atom is -0.396 e. The van der Waals surface area contributed by atoms with Crippen molar-refractivity contribution in [3.63, 3.8) is 0 Å². The second-order valence-corrected chi connectivity index (χ2v) is 7.01. The van der Waals surface area contributed by atoms with Crippen molar-refractivity contribution in [2.24, 2.45) is 0 Å². The lowest BCUT2D eigenvalue weighted by Crippen LogP contribution is -2.33. The summed E-state index contributed by atoms with van der Waals surface area (Å²) >= 11 is 0. The van der Waals surface area contributed by atoms with E-state index in [9.17, 15) is 9.90 Å². The number of aliphatic hydroxyl groups excluding tert-OH is 1. The quantitative estimate of drug-likeness (QED) is 0.753. The number of nitrogens with one attached hydrogen (secondary N) is 2. The largest absolute Gasteiger partial charge is 0.396 e. The Labute approximate surface area is 148 Å². The molecule has 3 N–H and O–H groups in total. The normalized spacial score (nSPS) is 12.5. The van der Waals surface area contributed by atoms with Crippen LogP contribution in [-0.4, -0.2) is 34.5 Å². The summed E-state index contributed by atoms with van der Waals surface area (Å²) in [5.74, 6) is 0.468. The van der Waals surface area contributed by atoms with E-state index < -0.39 is 0 Å². The molecule has 0 saturated carbocycles. The summed E-state index contributed by atoms with van der Waals surface area (Å²) in [6.45, 7) is 6.68. The van der Waals surface area contributed by atoms with Gasteiger partial charge in [-0.1, -0.05) is 51.1 Å². The van der Waals surface area contributed by atoms with Crippen molar-refractivity contribution >= 4 is 11.8 Å². The fourth-order valence-electron chi connectivity index (χ4n) is 2.44. The van der Waals surface area contributed by atoms with Gasteiger partial charge >= 0.3 is 6.03 Å². The highest BCUT2D eigenvalue weighted by molar-refractivity contribution is 5.88. The van der Waals surface area contributed by atoms with Gasteiger partial charge in [-0.3, -0.25) is 5.32 Å². The number of aliphatic hydroxyl groups is 1. The molecule has 1 unspecified atom stereocenters. The lowest BCUT2D eigenvalue weighted by atomic mass is 9.92. The van der Waals surface area contributed by atoms with E-state index in [-0.39, 0.29) is 24.0 Å². The topological polar surface area (TPSA) is 87.1 Å². The molecule has 1 aromatic carbocycles. The van der Waals surface area contributed by atoms with Gasteiger partial charge in [0.15, 0.2) is 5.82 Å². The molecule has 0 saturated heterocycles. The molecule has 0 aliphatic carbocycles. The summed E-state index contributed by atoms with van der Waals surface area (Å²) in [5, 5.41) is 23.0. The zero-order valence-electron chi connectivity index (χ0n) is 15.0. The minimum absolute atomic E-state index is 0.0614. The van der Waals surface area contributed by atoms with Crippen molar-refractivity contribution < 1.29 is 9.90 Å². The van der Waals surface area contributed by atoms with Crippen molar-refractivity contribution in [2.45, 2.75) is 38.5 Å². The predicted octanol–water partition coefficient (Wildman–Crippen LogP) is 3.06. The van der Waals surface area contributed by atoms with Crippen molar-refractivity contribution in [1.82, 2.24) is 15.5 Å². The molecule has 0 aliphatic heterocycles. The van der Waals surface area contributed by atoms with Crippen LogP contribution < -0.4 is 10.6 Å². The van der Waals surface area contributed by atoms with Crippen LogP contribution in [0, 0.1) is 0 Å². The monoisotopic (exact) mass is 342 g/mol. The van der Waals surface area contributed by atoms with E-state index in [2.05, 4.69) is 41.6 Å². The molecule has 6 nitrogen and oxygen atoms in total. The maximum atomic E-state index is 12.1. The van der Waals surface area contributed by atoms with E-state index in [1.165, 1.54) is 0 Å². The Balaban J connectivity index is 1.91. The van der Waals surface area contributed by atoms with Crippen LogP contribution in [0.5, 0.6) is 0 Å². The number of anilines is 1. The van der Waals surface area contributed by atoms with Crippen LogP contribution in [0.1, 0.15) is 44.4 Å². The van der Waals surface area contributed by atoms with Gasteiger partial charge in [-0.25, -0.2) is 4.79 Å². The van der Waals surface area contributed by atoms with Crippen molar-refractivity contribution in [2.75, 3.05) is 18.5 Å². The van der Waals surface area contributed by atoms with Crippen LogP contribution in [0.3, 0.4) is 0 Å². The molecule has 1 heterocycles. The molecule has 0 bridgehead atoms. The lowest BCUT2D eigenvalue weighted by molar-refractivity contribution is 0.248. The van der Waals surface area contributed by atoms with E-state index in [1.54, 1.807) is 6.07 Å². The molecular formula is C19H26N4O2. The Hall–Kier alpha value is -2.47. The molecule has 134 valence electrons. The SMILES string of the molecule is CC(C)(C)c1ccc(NC(=O)NCC(CCO)c2ccccc2)nn1. The molecule has 2 rings (SSSR count). The van der Waals surface area contributed by atoms with Gasteiger partial charge in [-0.15, -0.1) is 5.10 Å². The first kappa shape index (κ1) is 18.9. The van der Waals surface area contributed by atoms with Gasteiger partial charge in [0.05, 0.1) is 5.69 Å². The molecule has 1 atom stereocenters. The lowest BCUT2D eigenvalue weighted by Gasteiger charge is -2.18. The number of benzene rings is 1. The van der Waals surface area contributed by atoms with Crippen LogP contribution >= 0.6 is 0 Å². The number of aromatic nitrogens is 2. The van der Waals surface area contributed by atoms with Gasteiger partial charge in [0.2, 0.25) is 0 Å². The zero-order chi connectivity index (χ0) is 18.3. The minimum atomic E-state index is -0.336. The first-order valence-electron chi connectivity index (χ1n) is 8.45. The molecular weight excluding hydrogens is 316 g/mol. The Morgan fingerprint density at radius 2 is 1.84 bits per heavy atom. The first-order valence-corrected chi connectivity index (χ1v) is 8.45. The van der Waals surface area contributed by atoms with Crippen LogP contribution in [0.25, 0.3) is 0 Å². The Morgan fingerprint density at radius 3 is 2.40 bits per heavy atom. The Kier molecular flexibility index (Phi) is 6.47. The number of hydrogen-bond acceptors (Lipinski definition) is 4. The van der Waals surface area contributed by atoms with Crippen molar-refractivity contribution in [3.8, 4) is 0 Å². The summed E-state index contributed by atoms with van der Waals surface area (Å²) in [6.07, 6.45) is 0.588. The summed E-state index contributed by atoms with van der Waals surface area (Å²) < 4.78 is 0. The number of rotatable bonds is 6. The van der Waals surface area contributed by atoms with Gasteiger partial charge in [0.1, 0.15) is 0 Å². The Bertz CT molecular complexity index is 666. The zero-order valence-corrected chi connectivity index (χ0v) is 15.0. The Morgan fingerprint density at radius 1 is 1.12 bits per heavy atom. The fraction of sp³-hybridized carbons (Fsp3) is 0.421. The van der Waals surface area contributed by atoms with Crippen molar-refractivity contribution in [3.05, 3.63) is 53.7 Å². The third-order valence-electron chi connectivity index (χ3n) is 3.93. The standard InChI is InChI=1S/C19H26N4O2/c1-19(2,3)16-9-10-17(23-22-16)21-18(25)20-13-15(11-12-24)14-7-5-4-6-8-14/h4-10,15,24H,11-13H2,1-3H3,(H2,20,21,23,25). The highest BCUT2D eigenvalue weighted by Gasteiger charge is 2.16. The van der Waals surface area contributed by atoms with Crippen LogP contribution in [0.4, 0.5) is 10.6 Å². The van der Waals surface area contributed by atoms with Gasteiger partial charge in [0, 0.05) is 24.5 Å². The number of urea groups is 1. The average molecular weight is 342 g/mol. The molecule has 0 fully saturated rings. The van der Waals surface area contributed by atoms with Crippen LogP contribution in [0.2, 0.25) is 0 Å². The molecule has 0 spiro atoms. The average Bonchev–Trinajstić information content (AvgIpc) is 2.59. The van der Waals surface area contributed by atoms with Gasteiger partial charge < -0.3 is 10.4 Å². The van der Waals surface area contributed by atoms with Gasteiger partial charge in [-0.05, 0) is 24.1 Å². The van der Waals surface area contributed by atoms with Crippen LogP contribution in [0.15, 0.2) is 42.5 Å². The maximum absolute atomic E-state index is 12.1. The molecule has 1 aromatic heterocycles. The summed E-state index contributed by atoms with van der Waals surface area (Å²) in [7, 11) is 0.